The number of H-pyrrole nitrogens is 1. The van der Waals surface area contributed by atoms with Crippen LogP contribution in [0.1, 0.15) is 40.4 Å². The number of ether oxygens (including phenoxy) is 3. The highest BCUT2D eigenvalue weighted by atomic mass is 32.7. The van der Waals surface area contributed by atoms with Gasteiger partial charge in [-0.05, 0) is 48.1 Å². The molecule has 3 aliphatic rings. The fourth-order valence-electron chi connectivity index (χ4n) is 6.47. The van der Waals surface area contributed by atoms with Crippen molar-refractivity contribution >= 4 is 49.0 Å². The molecule has 5 aromatic rings. The van der Waals surface area contributed by atoms with Crippen LogP contribution in [0, 0.1) is 6.92 Å². The van der Waals surface area contributed by atoms with Crippen molar-refractivity contribution in [3.63, 3.8) is 0 Å². The number of fused-ring (bicyclic) bond motifs is 4. The molecule has 59 heavy (non-hydrogen) atoms. The van der Waals surface area contributed by atoms with E-state index in [0.29, 0.717) is 22.5 Å². The third-order valence-electron chi connectivity index (χ3n) is 9.34. The molecule has 1 unspecified atom stereocenters. The molecule has 8 rings (SSSR count). The smallest absolute Gasteiger partial charge is 0.389 e. The highest BCUT2D eigenvalue weighted by Gasteiger charge is 2.52. The number of aromatic nitrogens is 6. The lowest BCUT2D eigenvalue weighted by molar-refractivity contribution is -0.235. The second-order valence-electron chi connectivity index (χ2n) is 13.4. The zero-order valence-electron chi connectivity index (χ0n) is 31.1. The lowest BCUT2D eigenvalue weighted by Crippen LogP contribution is -2.37. The summed E-state index contributed by atoms with van der Waals surface area (Å²) in [6.45, 7) is -3.94. The molecule has 0 amide bonds. The predicted molar refractivity (Wildman–Crippen MR) is 205 cm³/mol. The Kier molecular flexibility index (Phi) is 12.3. The SMILES string of the molecule is Cc1ccc(C(=O)Oc2ccc(CS[P@]3(=O)OC[C@@H]4C[C@@H](OP(=O)([O-])OC[C@H]5O[C@@H](n6cnc7c(N)ncnc76)[C@H](F)[C@@H]5O3)[C@H](n3ccc(=O)[nH]c3=O)O4)cc2)cc1.[NH4+]. The summed E-state index contributed by atoms with van der Waals surface area (Å²) in [4.78, 5) is 64.6. The Bertz CT molecular complexity index is 2550. The third-order valence-corrected chi connectivity index (χ3v) is 14.0. The third kappa shape index (κ3) is 9.25. The van der Waals surface area contributed by atoms with Crippen LogP contribution < -0.4 is 32.8 Å². The van der Waals surface area contributed by atoms with Gasteiger partial charge in [0.25, 0.3) is 13.4 Å². The van der Waals surface area contributed by atoms with Gasteiger partial charge in [0.2, 0.25) is 0 Å². The molecule has 0 aliphatic carbocycles. The van der Waals surface area contributed by atoms with Crippen molar-refractivity contribution in [2.75, 3.05) is 18.9 Å². The van der Waals surface area contributed by atoms with E-state index in [1.54, 1.807) is 48.5 Å². The van der Waals surface area contributed by atoms with Gasteiger partial charge in [-0.2, -0.15) is 0 Å². The minimum Gasteiger partial charge on any atom is -0.756 e. The molecule has 9 atom stereocenters. The summed E-state index contributed by atoms with van der Waals surface area (Å²) in [6.07, 6.45) is -7.60. The fourth-order valence-corrected chi connectivity index (χ4v) is 10.8. The van der Waals surface area contributed by atoms with E-state index in [9.17, 15) is 28.4 Å². The number of hydrogen-bond acceptors (Lipinski definition) is 18. The van der Waals surface area contributed by atoms with Crippen molar-refractivity contribution in [1.82, 2.24) is 35.2 Å². The zero-order valence-corrected chi connectivity index (χ0v) is 33.7. The molecule has 3 aliphatic heterocycles. The number of nitrogens with zero attached hydrogens (tertiary/aromatic N) is 5. The van der Waals surface area contributed by atoms with Crippen molar-refractivity contribution in [3.05, 3.63) is 111 Å². The Morgan fingerprint density at radius 2 is 1.75 bits per heavy atom. The molecule has 314 valence electrons. The molecule has 3 saturated heterocycles. The normalized spacial score (nSPS) is 29.7. The van der Waals surface area contributed by atoms with Crippen LogP contribution in [-0.4, -0.2) is 78.8 Å². The molecule has 25 heteroatoms. The number of phosphoric ester groups is 1. The standard InChI is InChI=1S/C34H34FN7O13P2S.H3N/c1-18-2-6-20(7-3-18)33(44)52-21-8-4-19(5-9-21)15-58-57(48)50-13-22-12-23(31(51-22)41-11-10-25(43)40-34(41)45)54-56(46,47)49-14-24-28(55-57)26(35)32(53-24)42-17-39-27-29(36)37-16-38-30(27)42;/h2-11,16-17,22-24,26,28,31-32H,12-15H2,1H3,(H,46,47)(H2,36,37,38)(H,40,43,45);1H3/t22-,23+,24+,26+,28+,31+,32+,57+;/m0./s1. The summed E-state index contributed by atoms with van der Waals surface area (Å²) in [5, 5.41) is 0. The Morgan fingerprint density at radius 3 is 2.49 bits per heavy atom. The number of benzene rings is 2. The number of nitrogens with two attached hydrogens (primary N) is 1. The average Bonchev–Trinajstić information content (AvgIpc) is 3.88. The number of phosphoric acid groups is 1. The van der Waals surface area contributed by atoms with Gasteiger partial charge in [-0.15, -0.1) is 0 Å². The maximum Gasteiger partial charge on any atom is 0.389 e. The topological polar surface area (TPSA) is 300 Å². The number of nitrogens with one attached hydrogen (secondary N) is 1. The summed E-state index contributed by atoms with van der Waals surface area (Å²) >= 11 is 0.694. The number of imidazole rings is 1. The number of aromatic amines is 1. The Morgan fingerprint density at radius 1 is 0.983 bits per heavy atom. The minimum absolute atomic E-state index is 0. The lowest BCUT2D eigenvalue weighted by atomic mass is 10.1. The molecule has 0 radical (unpaired) electrons. The van der Waals surface area contributed by atoms with Crippen LogP contribution in [0.15, 0.2) is 83.0 Å². The number of nitrogen functional groups attached to an aromatic ring is 1. The highest BCUT2D eigenvalue weighted by molar-refractivity contribution is 8.54. The van der Waals surface area contributed by atoms with Crippen LogP contribution >= 0.6 is 26.0 Å². The fraction of sp³-hybridized carbons (Fsp3) is 0.353. The van der Waals surface area contributed by atoms with E-state index in [1.165, 1.54) is 10.9 Å². The molecule has 7 N–H and O–H groups in total. The first-order valence-corrected chi connectivity index (χ1v) is 22.1. The predicted octanol–water partition coefficient (Wildman–Crippen LogP) is 3.71. The maximum absolute atomic E-state index is 16.7. The highest BCUT2D eigenvalue weighted by Crippen LogP contribution is 2.64. The number of rotatable bonds is 7. The number of alkyl halides is 1. The summed E-state index contributed by atoms with van der Waals surface area (Å²) in [5.41, 5.74) is 6.45. The number of hydrogen-bond donors (Lipinski definition) is 3. The van der Waals surface area contributed by atoms with Crippen LogP contribution in [0.5, 0.6) is 5.75 Å². The second kappa shape index (κ2) is 17.1. The molecule has 21 nitrogen and oxygen atoms in total. The van der Waals surface area contributed by atoms with E-state index in [2.05, 4.69) is 19.9 Å². The van der Waals surface area contributed by atoms with Crippen LogP contribution in [-0.2, 0) is 42.5 Å². The minimum atomic E-state index is -5.27. The van der Waals surface area contributed by atoms with E-state index in [1.807, 2.05) is 6.92 Å². The number of carbonyl (C=O) groups excluding carboxylic acids is 1. The van der Waals surface area contributed by atoms with Crippen molar-refractivity contribution in [2.45, 2.75) is 62.1 Å². The second-order valence-corrected chi connectivity index (χ2v) is 18.8. The van der Waals surface area contributed by atoms with Gasteiger partial charge in [-0.1, -0.05) is 29.8 Å². The summed E-state index contributed by atoms with van der Waals surface area (Å²) in [6, 6.07) is 14.2. The van der Waals surface area contributed by atoms with Gasteiger partial charge in [0.1, 0.15) is 35.9 Å². The van der Waals surface area contributed by atoms with Crippen molar-refractivity contribution in [3.8, 4) is 5.75 Å². The number of anilines is 1. The lowest BCUT2D eigenvalue weighted by Gasteiger charge is -2.30. The van der Waals surface area contributed by atoms with Crippen molar-refractivity contribution < 1.29 is 55.5 Å². The van der Waals surface area contributed by atoms with Crippen molar-refractivity contribution in [2.24, 2.45) is 0 Å². The van der Waals surface area contributed by atoms with Crippen LogP contribution in [0.2, 0.25) is 0 Å². The van der Waals surface area contributed by atoms with Gasteiger partial charge in [0, 0.05) is 24.4 Å². The number of quaternary nitrogens is 1. The molecule has 3 fully saturated rings. The van der Waals surface area contributed by atoms with E-state index in [4.69, 9.17) is 38.0 Å². The number of aryl methyl sites for hydroxylation is 1. The van der Waals surface area contributed by atoms with Gasteiger partial charge in [0.15, 0.2) is 30.1 Å². The molecule has 2 aromatic carbocycles. The van der Waals surface area contributed by atoms with E-state index in [0.717, 1.165) is 28.7 Å². The van der Waals surface area contributed by atoms with Gasteiger partial charge >= 0.3 is 18.5 Å². The zero-order chi connectivity index (χ0) is 40.8. The summed E-state index contributed by atoms with van der Waals surface area (Å²) < 4.78 is 86.6. The quantitative estimate of drug-likeness (QED) is 0.119. The Labute approximate surface area is 336 Å². The molecule has 2 bridgehead atoms. The number of esters is 1. The van der Waals surface area contributed by atoms with Gasteiger partial charge in [0.05, 0.1) is 31.2 Å². The molecule has 0 spiro atoms. The van der Waals surface area contributed by atoms with Crippen LogP contribution in [0.25, 0.3) is 11.2 Å². The van der Waals surface area contributed by atoms with Crippen molar-refractivity contribution in [1.29, 1.82) is 0 Å². The molecule has 0 saturated carbocycles. The van der Waals surface area contributed by atoms with Gasteiger partial charge in [-0.25, -0.2) is 33.5 Å². The average molecular weight is 879 g/mol. The monoisotopic (exact) mass is 878 g/mol. The first-order chi connectivity index (χ1) is 27.7. The van der Waals surface area contributed by atoms with Gasteiger partial charge < -0.3 is 40.0 Å². The Balaban J connectivity index is 0.00000528. The molecule has 3 aromatic heterocycles. The first kappa shape index (κ1) is 42.5. The van der Waals surface area contributed by atoms with Crippen LogP contribution in [0.4, 0.5) is 10.2 Å². The van der Waals surface area contributed by atoms with Crippen LogP contribution in [0.3, 0.4) is 0 Å². The van der Waals surface area contributed by atoms with E-state index < -0.39 is 88.1 Å². The number of halogens is 1. The maximum atomic E-state index is 16.7. The largest absolute Gasteiger partial charge is 0.756 e. The molecule has 6 heterocycles. The van der Waals surface area contributed by atoms with Gasteiger partial charge in [-0.3, -0.25) is 32.5 Å². The number of carbonyl (C=O) groups is 1. The molecular formula is C34H37FN8O13P2S. The first-order valence-electron chi connectivity index (χ1n) is 17.5. The van der Waals surface area contributed by atoms with E-state index >= 15 is 4.39 Å². The summed E-state index contributed by atoms with van der Waals surface area (Å²) in [5.74, 6) is -0.326. The van der Waals surface area contributed by atoms with E-state index in [-0.39, 0.29) is 41.1 Å². The molecular weight excluding hydrogens is 841 g/mol. The summed E-state index contributed by atoms with van der Waals surface area (Å²) in [7, 11) is -5.27. The Hall–Kier alpha value is -4.64.